The maximum Gasteiger partial charge on any atom is 0.252 e. The molecule has 1 aromatic rings. The summed E-state index contributed by atoms with van der Waals surface area (Å²) in [5, 5.41) is 13.7. The molecule has 7 heteroatoms. The zero-order valence-electron chi connectivity index (χ0n) is 10.3. The minimum absolute atomic E-state index is 0.0770. The van der Waals surface area contributed by atoms with Crippen molar-refractivity contribution in [2.75, 3.05) is 26.7 Å². The molecule has 0 saturated heterocycles. The Balaban J connectivity index is 2.97. The van der Waals surface area contributed by atoms with E-state index in [1.54, 1.807) is 6.07 Å². The molecule has 0 fully saturated rings. The Morgan fingerprint density at radius 3 is 2.89 bits per heavy atom. The summed E-state index contributed by atoms with van der Waals surface area (Å²) >= 11 is 1.19. The number of sulfonamides is 1. The Hall–Kier alpha value is -0.730. The van der Waals surface area contributed by atoms with E-state index in [0.717, 1.165) is 5.56 Å². The zero-order chi connectivity index (χ0) is 13.6. The molecule has 1 aromatic heterocycles. The molecule has 2 N–H and O–H groups in total. The lowest BCUT2D eigenvalue weighted by atomic mass is 10.3. The van der Waals surface area contributed by atoms with Crippen LogP contribution in [-0.2, 0) is 16.6 Å². The summed E-state index contributed by atoms with van der Waals surface area (Å²) < 4.78 is 26.1. The van der Waals surface area contributed by atoms with Crippen LogP contribution in [-0.4, -0.2) is 44.6 Å². The third kappa shape index (κ3) is 3.63. The molecule has 102 valence electrons. The number of nitrogens with one attached hydrogen (secondary N) is 1. The normalized spacial score (nSPS) is 11.9. The van der Waals surface area contributed by atoms with Crippen molar-refractivity contribution in [1.82, 2.24) is 9.62 Å². The van der Waals surface area contributed by atoms with Gasteiger partial charge in [-0.05, 0) is 24.1 Å². The maximum absolute atomic E-state index is 12.3. The van der Waals surface area contributed by atoms with Gasteiger partial charge in [-0.15, -0.1) is 17.9 Å². The van der Waals surface area contributed by atoms with Crippen LogP contribution < -0.4 is 5.32 Å². The molecule has 0 radical (unpaired) electrons. The van der Waals surface area contributed by atoms with E-state index >= 15 is 0 Å². The summed E-state index contributed by atoms with van der Waals surface area (Å²) in [6, 6.07) is 1.66. The summed E-state index contributed by atoms with van der Waals surface area (Å²) in [6.45, 7) is 4.23. The zero-order valence-corrected chi connectivity index (χ0v) is 11.9. The Bertz CT molecular complexity index is 482. The van der Waals surface area contributed by atoms with E-state index in [1.807, 2.05) is 12.4 Å². The number of nitrogens with zero attached hydrogens (tertiary/aromatic N) is 1. The number of aliphatic hydroxyl groups is 1. The molecule has 0 aromatic carbocycles. The molecule has 1 heterocycles. The molecule has 18 heavy (non-hydrogen) atoms. The van der Waals surface area contributed by atoms with Gasteiger partial charge in [0.2, 0.25) is 0 Å². The SMILES string of the molecule is C=CCN(CCO)S(=O)(=O)c1cc(CNC)cs1. The fourth-order valence-electron chi connectivity index (χ4n) is 1.48. The largest absolute Gasteiger partial charge is 0.395 e. The quantitative estimate of drug-likeness (QED) is 0.689. The third-order valence-corrected chi connectivity index (χ3v) is 5.62. The number of thiophene rings is 1. The fourth-order valence-corrected chi connectivity index (χ4v) is 4.24. The van der Waals surface area contributed by atoms with Gasteiger partial charge in [-0.25, -0.2) is 8.42 Å². The number of hydrogen-bond donors (Lipinski definition) is 2. The lowest BCUT2D eigenvalue weighted by molar-refractivity contribution is 0.260. The van der Waals surface area contributed by atoms with Crippen LogP contribution in [0.3, 0.4) is 0 Å². The van der Waals surface area contributed by atoms with Gasteiger partial charge in [-0.3, -0.25) is 0 Å². The molecule has 0 atom stereocenters. The molecule has 0 amide bonds. The summed E-state index contributed by atoms with van der Waals surface area (Å²) in [5.74, 6) is 0. The fraction of sp³-hybridized carbons (Fsp3) is 0.455. The molecule has 0 aliphatic carbocycles. The van der Waals surface area contributed by atoms with E-state index in [1.165, 1.54) is 21.7 Å². The van der Waals surface area contributed by atoms with Gasteiger partial charge in [0, 0.05) is 19.6 Å². The van der Waals surface area contributed by atoms with Crippen LogP contribution in [0.5, 0.6) is 0 Å². The monoisotopic (exact) mass is 290 g/mol. The summed E-state index contributed by atoms with van der Waals surface area (Å²) in [7, 11) is -1.72. The predicted octanol–water partition coefficient (Wildman–Crippen LogP) is 0.636. The lowest BCUT2D eigenvalue weighted by Crippen LogP contribution is -2.33. The highest BCUT2D eigenvalue weighted by molar-refractivity contribution is 7.91. The van der Waals surface area contributed by atoms with Gasteiger partial charge in [0.05, 0.1) is 6.61 Å². The highest BCUT2D eigenvalue weighted by atomic mass is 32.2. The topological polar surface area (TPSA) is 69.6 Å². The first-order valence-electron chi connectivity index (χ1n) is 5.50. The van der Waals surface area contributed by atoms with Crippen molar-refractivity contribution in [2.24, 2.45) is 0 Å². The average molecular weight is 290 g/mol. The van der Waals surface area contributed by atoms with Crippen LogP contribution in [0.2, 0.25) is 0 Å². The lowest BCUT2D eigenvalue weighted by Gasteiger charge is -2.18. The van der Waals surface area contributed by atoms with Crippen molar-refractivity contribution >= 4 is 21.4 Å². The predicted molar refractivity (Wildman–Crippen MR) is 73.1 cm³/mol. The summed E-state index contributed by atoms with van der Waals surface area (Å²) in [5.41, 5.74) is 0.934. The van der Waals surface area contributed by atoms with Crippen molar-refractivity contribution < 1.29 is 13.5 Å². The second-order valence-corrected chi connectivity index (χ2v) is 6.76. The smallest absolute Gasteiger partial charge is 0.252 e. The number of rotatable bonds is 8. The van der Waals surface area contributed by atoms with Gasteiger partial charge >= 0.3 is 0 Å². The van der Waals surface area contributed by atoms with E-state index in [9.17, 15) is 8.42 Å². The van der Waals surface area contributed by atoms with E-state index in [2.05, 4.69) is 11.9 Å². The van der Waals surface area contributed by atoms with Crippen LogP contribution in [0.4, 0.5) is 0 Å². The molecular weight excluding hydrogens is 272 g/mol. The number of hydrogen-bond acceptors (Lipinski definition) is 5. The molecule has 1 rings (SSSR count). The van der Waals surface area contributed by atoms with Crippen LogP contribution in [0.1, 0.15) is 5.56 Å². The highest BCUT2D eigenvalue weighted by Crippen LogP contribution is 2.23. The van der Waals surface area contributed by atoms with Gasteiger partial charge in [-0.1, -0.05) is 6.08 Å². The van der Waals surface area contributed by atoms with Crippen LogP contribution in [0.25, 0.3) is 0 Å². The second-order valence-electron chi connectivity index (χ2n) is 3.68. The molecule has 0 unspecified atom stereocenters. The van der Waals surface area contributed by atoms with E-state index < -0.39 is 10.0 Å². The maximum atomic E-state index is 12.3. The minimum Gasteiger partial charge on any atom is -0.395 e. The Labute approximate surface area is 112 Å². The van der Waals surface area contributed by atoms with E-state index in [0.29, 0.717) is 10.8 Å². The Morgan fingerprint density at radius 2 is 2.33 bits per heavy atom. The van der Waals surface area contributed by atoms with Gasteiger partial charge < -0.3 is 10.4 Å². The average Bonchev–Trinajstić information content (AvgIpc) is 2.78. The van der Waals surface area contributed by atoms with Crippen molar-refractivity contribution in [3.8, 4) is 0 Å². The van der Waals surface area contributed by atoms with Gasteiger partial charge in [0.25, 0.3) is 10.0 Å². The first-order valence-corrected chi connectivity index (χ1v) is 7.82. The standard InChI is InChI=1S/C11H18N2O3S2/c1-3-4-13(5-6-14)18(15,16)11-7-10(8-12-2)9-17-11/h3,7,9,12,14H,1,4-6,8H2,2H3. The second kappa shape index (κ2) is 7.01. The van der Waals surface area contributed by atoms with Crippen LogP contribution >= 0.6 is 11.3 Å². The minimum atomic E-state index is -3.53. The Kier molecular flexibility index (Phi) is 5.97. The molecule has 0 aliphatic heterocycles. The van der Waals surface area contributed by atoms with Gasteiger partial charge in [-0.2, -0.15) is 4.31 Å². The molecule has 5 nitrogen and oxygen atoms in total. The highest BCUT2D eigenvalue weighted by Gasteiger charge is 2.24. The van der Waals surface area contributed by atoms with Crippen molar-refractivity contribution in [2.45, 2.75) is 10.8 Å². The first-order chi connectivity index (χ1) is 8.56. The van der Waals surface area contributed by atoms with Crippen molar-refractivity contribution in [1.29, 1.82) is 0 Å². The van der Waals surface area contributed by atoms with Crippen LogP contribution in [0, 0.1) is 0 Å². The molecular formula is C11H18N2O3S2. The van der Waals surface area contributed by atoms with Gasteiger partial charge in [0.15, 0.2) is 0 Å². The van der Waals surface area contributed by atoms with Gasteiger partial charge in [0.1, 0.15) is 4.21 Å². The molecule has 0 saturated carbocycles. The number of aliphatic hydroxyl groups excluding tert-OH is 1. The van der Waals surface area contributed by atoms with E-state index in [4.69, 9.17) is 5.11 Å². The molecule has 0 spiro atoms. The van der Waals surface area contributed by atoms with Crippen molar-refractivity contribution in [3.63, 3.8) is 0 Å². The Morgan fingerprint density at radius 1 is 1.61 bits per heavy atom. The van der Waals surface area contributed by atoms with Crippen LogP contribution in [0.15, 0.2) is 28.3 Å². The van der Waals surface area contributed by atoms with Crippen molar-refractivity contribution in [3.05, 3.63) is 29.7 Å². The summed E-state index contributed by atoms with van der Waals surface area (Å²) in [4.78, 5) is 0. The third-order valence-electron chi connectivity index (χ3n) is 2.29. The first kappa shape index (κ1) is 15.3. The molecule has 0 aliphatic rings. The summed E-state index contributed by atoms with van der Waals surface area (Å²) in [6.07, 6.45) is 1.51. The van der Waals surface area contributed by atoms with E-state index in [-0.39, 0.29) is 19.7 Å². The molecule has 0 bridgehead atoms.